The first kappa shape index (κ1) is 12.3. The number of amides is 1. The van der Waals surface area contributed by atoms with Gasteiger partial charge in [0.1, 0.15) is 0 Å². The van der Waals surface area contributed by atoms with Crippen LogP contribution in [0.1, 0.15) is 35.7 Å². The molecule has 0 saturated carbocycles. The maximum atomic E-state index is 11.4. The van der Waals surface area contributed by atoms with Crippen molar-refractivity contribution in [3.05, 3.63) is 53.7 Å². The average molecular weight is 240 g/mol. The van der Waals surface area contributed by atoms with Crippen LogP contribution in [0.25, 0.3) is 11.3 Å². The summed E-state index contributed by atoms with van der Waals surface area (Å²) in [5.74, 6) is -0.0151. The maximum absolute atomic E-state index is 11.4. The summed E-state index contributed by atoms with van der Waals surface area (Å²) in [6.07, 6.45) is 1.67. The molecule has 0 aliphatic rings. The highest BCUT2D eigenvalue weighted by Gasteiger charge is 2.11. The summed E-state index contributed by atoms with van der Waals surface area (Å²) < 4.78 is 0. The van der Waals surface area contributed by atoms with Crippen LogP contribution >= 0.6 is 0 Å². The molecule has 0 saturated heterocycles. The van der Waals surface area contributed by atoms with Crippen LogP contribution in [-0.4, -0.2) is 10.9 Å². The smallest absolute Gasteiger partial charge is 0.250 e. The van der Waals surface area contributed by atoms with Gasteiger partial charge in [-0.2, -0.15) is 0 Å². The lowest BCUT2D eigenvalue weighted by Crippen LogP contribution is -2.13. The molecule has 0 aliphatic heterocycles. The third-order valence-corrected chi connectivity index (χ3v) is 2.90. The summed E-state index contributed by atoms with van der Waals surface area (Å²) in [6, 6.07) is 11.5. The fourth-order valence-electron chi connectivity index (χ4n) is 1.88. The van der Waals surface area contributed by atoms with Gasteiger partial charge in [-0.25, -0.2) is 0 Å². The lowest BCUT2D eigenvalue weighted by molar-refractivity contribution is 0.100. The Morgan fingerprint density at radius 1 is 1.22 bits per heavy atom. The number of primary amides is 1. The lowest BCUT2D eigenvalue weighted by Gasteiger charge is -2.09. The number of hydrogen-bond donors (Lipinski definition) is 1. The molecule has 3 heteroatoms. The van der Waals surface area contributed by atoms with Gasteiger partial charge in [-0.3, -0.25) is 9.78 Å². The second-order valence-electron chi connectivity index (χ2n) is 4.54. The normalized spacial score (nSPS) is 10.6. The molecular formula is C15H16N2O. The topological polar surface area (TPSA) is 56.0 Å². The van der Waals surface area contributed by atoms with Crippen LogP contribution in [0.3, 0.4) is 0 Å². The summed E-state index contributed by atoms with van der Waals surface area (Å²) in [5, 5.41) is 0. The minimum atomic E-state index is -0.451. The first-order chi connectivity index (χ1) is 8.59. The number of nitrogens with two attached hydrogens (primary N) is 1. The summed E-state index contributed by atoms with van der Waals surface area (Å²) >= 11 is 0. The molecule has 1 aromatic heterocycles. The zero-order valence-electron chi connectivity index (χ0n) is 10.6. The fraction of sp³-hybridized carbons (Fsp3) is 0.200. The van der Waals surface area contributed by atoms with Crippen molar-refractivity contribution in [3.63, 3.8) is 0 Å². The zero-order chi connectivity index (χ0) is 13.1. The van der Waals surface area contributed by atoms with Crippen LogP contribution in [0.2, 0.25) is 0 Å². The molecule has 1 amide bonds. The number of aromatic nitrogens is 1. The highest BCUT2D eigenvalue weighted by atomic mass is 16.1. The van der Waals surface area contributed by atoms with Crippen molar-refractivity contribution in [2.75, 3.05) is 0 Å². The first-order valence-corrected chi connectivity index (χ1v) is 5.94. The van der Waals surface area contributed by atoms with Gasteiger partial charge >= 0.3 is 0 Å². The van der Waals surface area contributed by atoms with Crippen molar-refractivity contribution in [2.45, 2.75) is 19.8 Å². The number of carbonyl (C=O) groups is 1. The number of hydrogen-bond acceptors (Lipinski definition) is 2. The second-order valence-corrected chi connectivity index (χ2v) is 4.54. The van der Waals surface area contributed by atoms with Gasteiger partial charge in [0.05, 0.1) is 11.3 Å². The molecule has 0 unspecified atom stereocenters. The predicted octanol–water partition coefficient (Wildman–Crippen LogP) is 2.97. The monoisotopic (exact) mass is 240 g/mol. The molecule has 18 heavy (non-hydrogen) atoms. The van der Waals surface area contributed by atoms with Crippen LogP contribution < -0.4 is 5.73 Å². The van der Waals surface area contributed by atoms with Crippen molar-refractivity contribution in [2.24, 2.45) is 5.73 Å². The van der Waals surface area contributed by atoms with E-state index < -0.39 is 5.91 Å². The molecule has 2 rings (SSSR count). The van der Waals surface area contributed by atoms with E-state index in [9.17, 15) is 4.79 Å². The molecule has 0 fully saturated rings. The van der Waals surface area contributed by atoms with E-state index in [0.29, 0.717) is 17.2 Å². The molecule has 92 valence electrons. The Labute approximate surface area is 107 Å². The van der Waals surface area contributed by atoms with Gasteiger partial charge in [0.15, 0.2) is 0 Å². The van der Waals surface area contributed by atoms with Crippen molar-refractivity contribution in [3.8, 4) is 11.3 Å². The van der Waals surface area contributed by atoms with Gasteiger partial charge < -0.3 is 5.73 Å². The van der Waals surface area contributed by atoms with E-state index in [1.807, 2.05) is 12.1 Å². The Kier molecular flexibility index (Phi) is 3.42. The van der Waals surface area contributed by atoms with Crippen LogP contribution in [0.15, 0.2) is 42.6 Å². The van der Waals surface area contributed by atoms with Gasteiger partial charge in [-0.15, -0.1) is 0 Å². The van der Waals surface area contributed by atoms with Gasteiger partial charge in [-0.1, -0.05) is 32.0 Å². The SMILES string of the molecule is CC(C)c1cccc(-c2ncccc2C(N)=O)c1. The zero-order valence-corrected chi connectivity index (χ0v) is 10.6. The van der Waals surface area contributed by atoms with Crippen molar-refractivity contribution in [1.29, 1.82) is 0 Å². The van der Waals surface area contributed by atoms with Crippen LogP contribution in [0, 0.1) is 0 Å². The Hall–Kier alpha value is -2.16. The van der Waals surface area contributed by atoms with E-state index in [4.69, 9.17) is 5.73 Å². The molecule has 0 radical (unpaired) electrons. The summed E-state index contributed by atoms with van der Waals surface area (Å²) in [5.41, 5.74) is 8.62. The van der Waals surface area contributed by atoms with Crippen molar-refractivity contribution >= 4 is 5.91 Å². The van der Waals surface area contributed by atoms with Crippen molar-refractivity contribution in [1.82, 2.24) is 4.98 Å². The molecule has 0 aliphatic carbocycles. The van der Waals surface area contributed by atoms with Gasteiger partial charge in [0.2, 0.25) is 0 Å². The third kappa shape index (κ3) is 2.40. The molecule has 2 aromatic rings. The number of carbonyl (C=O) groups excluding carboxylic acids is 1. The Bertz CT molecular complexity index is 576. The summed E-state index contributed by atoms with van der Waals surface area (Å²) in [6.45, 7) is 4.26. The molecular weight excluding hydrogens is 224 g/mol. The van der Waals surface area contributed by atoms with Crippen molar-refractivity contribution < 1.29 is 4.79 Å². The first-order valence-electron chi connectivity index (χ1n) is 5.94. The Morgan fingerprint density at radius 2 is 2.00 bits per heavy atom. The molecule has 3 nitrogen and oxygen atoms in total. The van der Waals surface area contributed by atoms with E-state index in [1.165, 1.54) is 5.56 Å². The number of benzene rings is 1. The minimum absolute atomic E-state index is 0.436. The standard InChI is InChI=1S/C15H16N2O/c1-10(2)11-5-3-6-12(9-11)14-13(15(16)18)7-4-8-17-14/h3-10H,1-2H3,(H2,16,18). The van der Waals surface area contributed by atoms with Crippen LogP contribution in [-0.2, 0) is 0 Å². The average Bonchev–Trinajstić information content (AvgIpc) is 2.39. The molecule has 2 N–H and O–H groups in total. The predicted molar refractivity (Wildman–Crippen MR) is 72.3 cm³/mol. The quantitative estimate of drug-likeness (QED) is 0.896. The van der Waals surface area contributed by atoms with E-state index >= 15 is 0 Å². The van der Waals surface area contributed by atoms with Gasteiger partial charge in [-0.05, 0) is 29.7 Å². The molecule has 1 heterocycles. The molecule has 0 atom stereocenters. The van der Waals surface area contributed by atoms with Crippen LogP contribution in [0.4, 0.5) is 0 Å². The lowest BCUT2D eigenvalue weighted by atomic mass is 9.98. The van der Waals surface area contributed by atoms with E-state index in [-0.39, 0.29) is 0 Å². The Balaban J connectivity index is 2.55. The second kappa shape index (κ2) is 5.00. The van der Waals surface area contributed by atoms with Crippen LogP contribution in [0.5, 0.6) is 0 Å². The Morgan fingerprint density at radius 3 is 2.67 bits per heavy atom. The fourth-order valence-corrected chi connectivity index (χ4v) is 1.88. The largest absolute Gasteiger partial charge is 0.366 e. The highest BCUT2D eigenvalue weighted by molar-refractivity contribution is 5.98. The molecule has 0 bridgehead atoms. The molecule has 1 aromatic carbocycles. The van der Waals surface area contributed by atoms with E-state index in [1.54, 1.807) is 18.3 Å². The number of pyridine rings is 1. The van der Waals surface area contributed by atoms with Gasteiger partial charge in [0, 0.05) is 11.8 Å². The van der Waals surface area contributed by atoms with E-state index in [0.717, 1.165) is 5.56 Å². The number of rotatable bonds is 3. The summed E-state index contributed by atoms with van der Waals surface area (Å²) in [4.78, 5) is 15.7. The van der Waals surface area contributed by atoms with E-state index in [2.05, 4.69) is 31.0 Å². The molecule has 0 spiro atoms. The third-order valence-electron chi connectivity index (χ3n) is 2.90. The maximum Gasteiger partial charge on any atom is 0.250 e. The number of nitrogens with zero attached hydrogens (tertiary/aromatic N) is 1. The minimum Gasteiger partial charge on any atom is -0.366 e. The highest BCUT2D eigenvalue weighted by Crippen LogP contribution is 2.24. The summed E-state index contributed by atoms with van der Waals surface area (Å²) in [7, 11) is 0. The van der Waals surface area contributed by atoms with Gasteiger partial charge in [0.25, 0.3) is 5.91 Å².